The van der Waals surface area contributed by atoms with Crippen molar-refractivity contribution in [2.24, 2.45) is 0 Å². The number of alkyl halides is 1. The van der Waals surface area contributed by atoms with Crippen LogP contribution < -0.4 is 0 Å². The molecule has 0 aromatic rings. The Morgan fingerprint density at radius 2 is 1.70 bits per heavy atom. The van der Waals surface area contributed by atoms with E-state index in [1.807, 2.05) is 0 Å². The summed E-state index contributed by atoms with van der Waals surface area (Å²) in [7, 11) is -0.802. The molecule has 0 spiro atoms. The van der Waals surface area contributed by atoms with Gasteiger partial charge in [-0.15, -0.1) is 17.0 Å². The van der Waals surface area contributed by atoms with Crippen LogP contribution in [0, 0.1) is 0 Å². The van der Waals surface area contributed by atoms with Crippen LogP contribution in [0.25, 0.3) is 0 Å². The van der Waals surface area contributed by atoms with E-state index in [9.17, 15) is 0 Å². The van der Waals surface area contributed by atoms with Crippen LogP contribution in [0.15, 0.2) is 12.2 Å². The molecule has 0 nitrogen and oxygen atoms in total. The van der Waals surface area contributed by atoms with E-state index in [1.165, 1.54) is 6.04 Å². The summed E-state index contributed by atoms with van der Waals surface area (Å²) in [5.41, 5.74) is 0. The Morgan fingerprint density at radius 3 is 2.00 bits per heavy atom. The molecule has 0 aliphatic heterocycles. The fourth-order valence-corrected chi connectivity index (χ4v) is 1.64. The van der Waals surface area contributed by atoms with Crippen LogP contribution >= 0.6 is 32.9 Å². The van der Waals surface area contributed by atoms with Crippen molar-refractivity contribution in [2.75, 3.05) is 5.33 Å². The molecule has 0 saturated carbocycles. The van der Waals surface area contributed by atoms with Crippen molar-refractivity contribution in [3.05, 3.63) is 12.2 Å². The van der Waals surface area contributed by atoms with E-state index in [-0.39, 0.29) is 17.0 Å². The number of halogens is 2. The van der Waals surface area contributed by atoms with Gasteiger partial charge in [-0.25, -0.2) is 0 Å². The van der Waals surface area contributed by atoms with Gasteiger partial charge in [0.15, 0.2) is 0 Å². The molecule has 3 heteroatoms. The third-order valence-electron chi connectivity index (χ3n) is 0.986. The molecular weight excluding hydrogens is 272 g/mol. The number of hydrogen-bond donors (Lipinski definition) is 0. The molecule has 0 atom stereocenters. The SMILES string of the molecule is Br.C[Si](C)(C)C/C=C/CBr. The molecule has 0 amide bonds. The van der Waals surface area contributed by atoms with Crippen LogP contribution in [0.4, 0.5) is 0 Å². The molecule has 62 valence electrons. The van der Waals surface area contributed by atoms with E-state index in [1.54, 1.807) is 0 Å². The lowest BCUT2D eigenvalue weighted by molar-refractivity contribution is 1.49. The van der Waals surface area contributed by atoms with Crippen molar-refractivity contribution < 1.29 is 0 Å². The average Bonchev–Trinajstić information content (AvgIpc) is 1.63. The molecule has 10 heavy (non-hydrogen) atoms. The van der Waals surface area contributed by atoms with E-state index in [4.69, 9.17) is 0 Å². The zero-order chi connectivity index (χ0) is 7.33. The zero-order valence-corrected chi connectivity index (χ0v) is 11.2. The van der Waals surface area contributed by atoms with Crippen molar-refractivity contribution in [1.29, 1.82) is 0 Å². The van der Waals surface area contributed by atoms with Gasteiger partial charge >= 0.3 is 0 Å². The van der Waals surface area contributed by atoms with E-state index >= 15 is 0 Å². The maximum Gasteiger partial charge on any atom is 0.0480 e. The highest BCUT2D eigenvalue weighted by Gasteiger charge is 2.08. The van der Waals surface area contributed by atoms with Crippen molar-refractivity contribution in [3.63, 3.8) is 0 Å². The van der Waals surface area contributed by atoms with Crippen LogP contribution in [0.2, 0.25) is 25.7 Å². The summed E-state index contributed by atoms with van der Waals surface area (Å²) >= 11 is 3.35. The molecule has 0 aromatic heterocycles. The molecule has 0 heterocycles. The van der Waals surface area contributed by atoms with Crippen molar-refractivity contribution in [1.82, 2.24) is 0 Å². The molecule has 0 aromatic carbocycles. The highest BCUT2D eigenvalue weighted by Crippen LogP contribution is 2.08. The van der Waals surface area contributed by atoms with Gasteiger partial charge in [0.2, 0.25) is 0 Å². The second-order valence-corrected chi connectivity index (χ2v) is 9.57. The lowest BCUT2D eigenvalue weighted by Gasteiger charge is -2.11. The Labute approximate surface area is 84.0 Å². The third-order valence-corrected chi connectivity index (χ3v) is 2.82. The number of allylic oxidation sites excluding steroid dienone is 2. The maximum atomic E-state index is 3.35. The second-order valence-electron chi connectivity index (χ2n) is 3.39. The standard InChI is InChI=1S/C7H15BrSi.BrH/c1-9(2,3)7-5-4-6-8;/h4-5H,6-7H2,1-3H3;1H/b5-4+;. The quantitative estimate of drug-likeness (QED) is 0.420. The molecule has 0 aliphatic rings. The Balaban J connectivity index is 0. The summed E-state index contributed by atoms with van der Waals surface area (Å²) in [5.74, 6) is 0. The van der Waals surface area contributed by atoms with Crippen LogP contribution in [0.3, 0.4) is 0 Å². The van der Waals surface area contributed by atoms with E-state index < -0.39 is 8.07 Å². The smallest absolute Gasteiger partial charge is 0.0480 e. The average molecular weight is 288 g/mol. The molecule has 0 N–H and O–H groups in total. The first-order chi connectivity index (χ1) is 4.06. The summed E-state index contributed by atoms with van der Waals surface area (Å²) in [5, 5.41) is 0.998. The topological polar surface area (TPSA) is 0 Å². The summed E-state index contributed by atoms with van der Waals surface area (Å²) in [6.07, 6.45) is 4.46. The van der Waals surface area contributed by atoms with Crippen LogP contribution in [-0.4, -0.2) is 13.4 Å². The van der Waals surface area contributed by atoms with E-state index in [0.29, 0.717) is 0 Å². The minimum atomic E-state index is -0.802. The van der Waals surface area contributed by atoms with Gasteiger partial charge in [0.25, 0.3) is 0 Å². The zero-order valence-electron chi connectivity index (χ0n) is 6.86. The van der Waals surface area contributed by atoms with Gasteiger partial charge in [-0.05, 0) is 6.04 Å². The Bertz CT molecular complexity index is 94.3. The molecule has 0 bridgehead atoms. The lowest BCUT2D eigenvalue weighted by Crippen LogP contribution is -2.17. The summed E-state index contributed by atoms with van der Waals surface area (Å²) in [4.78, 5) is 0. The summed E-state index contributed by atoms with van der Waals surface area (Å²) < 4.78 is 0. The molecule has 0 unspecified atom stereocenters. The minimum absolute atomic E-state index is 0. The predicted molar refractivity (Wildman–Crippen MR) is 61.4 cm³/mol. The highest BCUT2D eigenvalue weighted by molar-refractivity contribution is 9.09. The van der Waals surface area contributed by atoms with Crippen molar-refractivity contribution in [3.8, 4) is 0 Å². The number of hydrogen-bond acceptors (Lipinski definition) is 0. The Kier molecular flexibility index (Phi) is 8.93. The largest absolute Gasteiger partial charge is 0.114 e. The molecule has 0 fully saturated rings. The van der Waals surface area contributed by atoms with Crippen molar-refractivity contribution in [2.45, 2.75) is 25.7 Å². The maximum absolute atomic E-state index is 3.35. The van der Waals surface area contributed by atoms with Crippen molar-refractivity contribution >= 4 is 41.0 Å². The Hall–Kier alpha value is 0.917. The van der Waals surface area contributed by atoms with Gasteiger partial charge in [-0.1, -0.05) is 47.7 Å². The monoisotopic (exact) mass is 286 g/mol. The molecule has 0 radical (unpaired) electrons. The fraction of sp³-hybridized carbons (Fsp3) is 0.714. The van der Waals surface area contributed by atoms with Gasteiger partial charge < -0.3 is 0 Å². The highest BCUT2D eigenvalue weighted by atomic mass is 79.9. The molecule has 0 rings (SSSR count). The number of rotatable bonds is 3. The Morgan fingerprint density at radius 1 is 1.20 bits per heavy atom. The molecule has 0 saturated heterocycles. The first-order valence-corrected chi connectivity index (χ1v) is 8.10. The molecule has 0 aliphatic carbocycles. The summed E-state index contributed by atoms with van der Waals surface area (Å²) in [6.45, 7) is 7.14. The van der Waals surface area contributed by atoms with Gasteiger partial charge in [0.05, 0.1) is 0 Å². The molecular formula is C7H16Br2Si. The third kappa shape index (κ3) is 11.7. The minimum Gasteiger partial charge on any atom is -0.114 e. The second kappa shape index (κ2) is 6.62. The van der Waals surface area contributed by atoms with Gasteiger partial charge in [-0.2, -0.15) is 0 Å². The van der Waals surface area contributed by atoms with E-state index in [0.717, 1.165) is 5.33 Å². The first kappa shape index (κ1) is 13.5. The van der Waals surface area contributed by atoms with Gasteiger partial charge in [0, 0.05) is 13.4 Å². The van der Waals surface area contributed by atoms with Crippen LogP contribution in [0.1, 0.15) is 0 Å². The van der Waals surface area contributed by atoms with Gasteiger partial charge in [0.1, 0.15) is 0 Å². The fourth-order valence-electron chi connectivity index (χ4n) is 0.500. The van der Waals surface area contributed by atoms with Crippen LogP contribution in [-0.2, 0) is 0 Å². The van der Waals surface area contributed by atoms with Gasteiger partial charge in [-0.3, -0.25) is 0 Å². The first-order valence-electron chi connectivity index (χ1n) is 3.27. The predicted octanol–water partition coefficient (Wildman–Crippen LogP) is 3.85. The normalized spacial score (nSPS) is 11.6. The summed E-state index contributed by atoms with van der Waals surface area (Å²) in [6, 6.07) is 1.30. The van der Waals surface area contributed by atoms with E-state index in [2.05, 4.69) is 47.7 Å². The lowest BCUT2D eigenvalue weighted by atomic mass is 10.6. The van der Waals surface area contributed by atoms with Crippen LogP contribution in [0.5, 0.6) is 0 Å².